The van der Waals surface area contributed by atoms with Crippen LogP contribution in [0.2, 0.25) is 0 Å². The minimum atomic E-state index is -0.104. The summed E-state index contributed by atoms with van der Waals surface area (Å²) in [5.74, 6) is 0.625. The summed E-state index contributed by atoms with van der Waals surface area (Å²) in [6, 6.07) is 2.03. The van der Waals surface area contributed by atoms with Gasteiger partial charge in [-0.2, -0.15) is 5.10 Å². The van der Waals surface area contributed by atoms with Gasteiger partial charge in [0.25, 0.3) is 5.91 Å². The lowest BCUT2D eigenvalue weighted by Gasteiger charge is -2.21. The normalized spacial score (nSPS) is 16.8. The van der Waals surface area contributed by atoms with Crippen molar-refractivity contribution >= 4 is 11.7 Å². The van der Waals surface area contributed by atoms with Crippen LogP contribution in [0.15, 0.2) is 12.3 Å². The van der Waals surface area contributed by atoms with Gasteiger partial charge in [0, 0.05) is 12.1 Å². The molecule has 1 aliphatic rings. The molecule has 0 atom stereocenters. The minimum absolute atomic E-state index is 0.104. The van der Waals surface area contributed by atoms with E-state index in [0.717, 1.165) is 18.7 Å². The molecule has 106 valence electrons. The Labute approximate surface area is 114 Å². The Morgan fingerprint density at radius 1 is 1.47 bits per heavy atom. The van der Waals surface area contributed by atoms with Crippen LogP contribution in [-0.2, 0) is 9.53 Å². The van der Waals surface area contributed by atoms with Gasteiger partial charge in [0.1, 0.15) is 12.4 Å². The Morgan fingerprint density at radius 2 is 2.21 bits per heavy atom. The van der Waals surface area contributed by atoms with Crippen molar-refractivity contribution < 1.29 is 9.53 Å². The molecule has 1 heterocycles. The highest BCUT2D eigenvalue weighted by Crippen LogP contribution is 2.20. The zero-order valence-corrected chi connectivity index (χ0v) is 11.8. The molecule has 19 heavy (non-hydrogen) atoms. The molecule has 0 spiro atoms. The smallest absolute Gasteiger partial charge is 0.251 e. The molecule has 0 aliphatic heterocycles. The minimum Gasteiger partial charge on any atom is -0.368 e. The second kappa shape index (κ2) is 6.70. The number of nitrogens with one attached hydrogen (secondary N) is 1. The molecule has 0 bridgehead atoms. The second-order valence-corrected chi connectivity index (χ2v) is 5.37. The molecule has 1 saturated carbocycles. The van der Waals surface area contributed by atoms with Crippen LogP contribution in [0.25, 0.3) is 0 Å². The lowest BCUT2D eigenvalue weighted by atomic mass is 9.98. The molecule has 0 saturated heterocycles. The number of hydrogen-bond acceptors (Lipinski definition) is 3. The van der Waals surface area contributed by atoms with Crippen LogP contribution in [0.4, 0.5) is 5.82 Å². The number of aromatic nitrogens is 2. The Kier molecular flexibility index (Phi) is 4.96. The summed E-state index contributed by atoms with van der Waals surface area (Å²) in [4.78, 5) is 11.9. The number of nitrogens with zero attached hydrogens (tertiary/aromatic N) is 2. The molecule has 1 fully saturated rings. The van der Waals surface area contributed by atoms with Gasteiger partial charge in [0.05, 0.1) is 12.3 Å². The first-order valence-electron chi connectivity index (χ1n) is 7.12. The van der Waals surface area contributed by atoms with E-state index < -0.39 is 0 Å². The predicted molar refractivity (Wildman–Crippen MR) is 74.1 cm³/mol. The quantitative estimate of drug-likeness (QED) is 0.890. The second-order valence-electron chi connectivity index (χ2n) is 5.37. The van der Waals surface area contributed by atoms with Gasteiger partial charge >= 0.3 is 0 Å². The summed E-state index contributed by atoms with van der Waals surface area (Å²) in [6.45, 7) is 4.19. The molecule has 1 aromatic heterocycles. The first-order chi connectivity index (χ1) is 9.16. The summed E-state index contributed by atoms with van der Waals surface area (Å²) in [6.07, 6.45) is 7.83. The third-order valence-electron chi connectivity index (χ3n) is 3.43. The van der Waals surface area contributed by atoms with Crippen LogP contribution < -0.4 is 5.32 Å². The van der Waals surface area contributed by atoms with E-state index in [2.05, 4.69) is 10.4 Å². The van der Waals surface area contributed by atoms with Crippen molar-refractivity contribution in [3.05, 3.63) is 12.3 Å². The van der Waals surface area contributed by atoms with Crippen molar-refractivity contribution in [2.45, 2.75) is 58.1 Å². The van der Waals surface area contributed by atoms with Gasteiger partial charge in [-0.25, -0.2) is 4.68 Å². The molecule has 2 rings (SSSR count). The molecule has 1 aliphatic carbocycles. The van der Waals surface area contributed by atoms with Crippen molar-refractivity contribution in [3.8, 4) is 0 Å². The van der Waals surface area contributed by atoms with Crippen LogP contribution in [-0.4, -0.2) is 28.4 Å². The Balaban J connectivity index is 1.78. The number of hydrogen-bond donors (Lipinski definition) is 1. The number of amides is 1. The SMILES string of the molecule is CC(C)n1nccc1NC(=O)COC1CCCCC1. The average molecular weight is 265 g/mol. The van der Waals surface area contributed by atoms with Gasteiger partial charge in [-0.1, -0.05) is 19.3 Å². The van der Waals surface area contributed by atoms with E-state index in [1.54, 1.807) is 16.9 Å². The monoisotopic (exact) mass is 265 g/mol. The van der Waals surface area contributed by atoms with E-state index in [1.807, 2.05) is 13.8 Å². The highest BCUT2D eigenvalue weighted by atomic mass is 16.5. The van der Waals surface area contributed by atoms with Crippen LogP contribution in [0.5, 0.6) is 0 Å². The molecule has 1 aromatic rings. The summed E-state index contributed by atoms with van der Waals surface area (Å²) >= 11 is 0. The van der Waals surface area contributed by atoms with E-state index >= 15 is 0 Å². The first kappa shape index (κ1) is 14.1. The standard InChI is InChI=1S/C14H23N3O2/c1-11(2)17-13(8-9-15-17)16-14(18)10-19-12-6-4-3-5-7-12/h8-9,11-12H,3-7,10H2,1-2H3,(H,16,18). The fraction of sp³-hybridized carbons (Fsp3) is 0.714. The van der Waals surface area contributed by atoms with Crippen molar-refractivity contribution in [1.29, 1.82) is 0 Å². The number of ether oxygens (including phenoxy) is 1. The third-order valence-corrected chi connectivity index (χ3v) is 3.43. The highest BCUT2D eigenvalue weighted by Gasteiger charge is 2.16. The van der Waals surface area contributed by atoms with E-state index in [-0.39, 0.29) is 24.7 Å². The molecular formula is C14H23N3O2. The molecule has 1 amide bonds. The number of carbonyl (C=O) groups is 1. The summed E-state index contributed by atoms with van der Waals surface area (Å²) in [7, 11) is 0. The largest absolute Gasteiger partial charge is 0.368 e. The maximum Gasteiger partial charge on any atom is 0.251 e. The van der Waals surface area contributed by atoms with E-state index in [9.17, 15) is 4.79 Å². The zero-order chi connectivity index (χ0) is 13.7. The van der Waals surface area contributed by atoms with Crippen LogP contribution >= 0.6 is 0 Å². The van der Waals surface area contributed by atoms with Gasteiger partial charge < -0.3 is 10.1 Å². The molecule has 0 radical (unpaired) electrons. The Hall–Kier alpha value is -1.36. The van der Waals surface area contributed by atoms with Gasteiger partial charge in [0.2, 0.25) is 0 Å². The van der Waals surface area contributed by atoms with Crippen LogP contribution in [0.1, 0.15) is 52.0 Å². The Bertz CT molecular complexity index is 409. The number of rotatable bonds is 5. The summed E-state index contributed by atoms with van der Waals surface area (Å²) in [5, 5.41) is 7.03. The van der Waals surface area contributed by atoms with Gasteiger partial charge in [-0.05, 0) is 26.7 Å². The van der Waals surface area contributed by atoms with E-state index in [0.29, 0.717) is 0 Å². The Morgan fingerprint density at radius 3 is 2.89 bits per heavy atom. The summed E-state index contributed by atoms with van der Waals surface area (Å²) < 4.78 is 7.44. The fourth-order valence-corrected chi connectivity index (χ4v) is 2.43. The van der Waals surface area contributed by atoms with E-state index in [1.165, 1.54) is 19.3 Å². The number of carbonyl (C=O) groups excluding carboxylic acids is 1. The van der Waals surface area contributed by atoms with Gasteiger partial charge in [0.15, 0.2) is 0 Å². The summed E-state index contributed by atoms with van der Waals surface area (Å²) in [5.41, 5.74) is 0. The first-order valence-corrected chi connectivity index (χ1v) is 7.12. The zero-order valence-electron chi connectivity index (χ0n) is 11.8. The number of anilines is 1. The topological polar surface area (TPSA) is 56.2 Å². The predicted octanol–water partition coefficient (Wildman–Crippen LogP) is 2.75. The van der Waals surface area contributed by atoms with Gasteiger partial charge in [-0.15, -0.1) is 0 Å². The van der Waals surface area contributed by atoms with Crippen molar-refractivity contribution in [1.82, 2.24) is 9.78 Å². The van der Waals surface area contributed by atoms with Crippen molar-refractivity contribution in [3.63, 3.8) is 0 Å². The van der Waals surface area contributed by atoms with Crippen LogP contribution in [0.3, 0.4) is 0 Å². The molecular weight excluding hydrogens is 242 g/mol. The fourth-order valence-electron chi connectivity index (χ4n) is 2.43. The lowest BCUT2D eigenvalue weighted by Crippen LogP contribution is -2.25. The van der Waals surface area contributed by atoms with Gasteiger partial charge in [-0.3, -0.25) is 4.79 Å². The maximum absolute atomic E-state index is 11.9. The molecule has 0 unspecified atom stereocenters. The van der Waals surface area contributed by atoms with E-state index in [4.69, 9.17) is 4.74 Å². The lowest BCUT2D eigenvalue weighted by molar-refractivity contribution is -0.123. The maximum atomic E-state index is 11.9. The molecule has 5 nitrogen and oxygen atoms in total. The molecule has 0 aromatic carbocycles. The van der Waals surface area contributed by atoms with Crippen molar-refractivity contribution in [2.24, 2.45) is 0 Å². The average Bonchev–Trinajstić information content (AvgIpc) is 2.86. The molecule has 5 heteroatoms. The van der Waals surface area contributed by atoms with Crippen LogP contribution in [0, 0.1) is 0 Å². The molecule has 1 N–H and O–H groups in total. The van der Waals surface area contributed by atoms with Crippen molar-refractivity contribution in [2.75, 3.05) is 11.9 Å². The highest BCUT2D eigenvalue weighted by molar-refractivity contribution is 5.90. The third kappa shape index (κ3) is 4.06.